The predicted molar refractivity (Wildman–Crippen MR) is 83.0 cm³/mol. The van der Waals surface area contributed by atoms with Gasteiger partial charge in [0, 0.05) is 32.6 Å². The number of piperidine rings is 1. The number of hydrogen-bond donors (Lipinski definition) is 2. The lowest BCUT2D eigenvalue weighted by Gasteiger charge is -2.32. The first-order chi connectivity index (χ1) is 9.19. The molecule has 2 amide bonds. The van der Waals surface area contributed by atoms with Crippen LogP contribution >= 0.6 is 12.4 Å². The number of rotatable bonds is 7. The van der Waals surface area contributed by atoms with E-state index >= 15 is 0 Å². The summed E-state index contributed by atoms with van der Waals surface area (Å²) in [4.78, 5) is 25.7. The molecule has 0 aromatic rings. The van der Waals surface area contributed by atoms with Gasteiger partial charge in [0.1, 0.15) is 0 Å². The fourth-order valence-corrected chi connectivity index (χ4v) is 2.38. The fourth-order valence-electron chi connectivity index (χ4n) is 2.38. The first-order valence-electron chi connectivity index (χ1n) is 7.45. The van der Waals surface area contributed by atoms with Gasteiger partial charge in [0.15, 0.2) is 0 Å². The maximum Gasteiger partial charge on any atom is 0.224 e. The minimum Gasteiger partial charge on any atom is -0.355 e. The molecule has 1 saturated heterocycles. The Morgan fingerprint density at radius 3 is 2.65 bits per heavy atom. The third kappa shape index (κ3) is 6.57. The van der Waals surface area contributed by atoms with Crippen LogP contribution in [0.3, 0.4) is 0 Å². The number of nitrogens with one attached hydrogen (secondary N) is 2. The third-order valence-corrected chi connectivity index (χ3v) is 3.46. The molecule has 0 radical (unpaired) electrons. The average molecular weight is 306 g/mol. The Bertz CT molecular complexity index is 300. The summed E-state index contributed by atoms with van der Waals surface area (Å²) in [5.41, 5.74) is 0. The van der Waals surface area contributed by atoms with Gasteiger partial charge >= 0.3 is 0 Å². The highest BCUT2D eigenvalue weighted by Crippen LogP contribution is 2.17. The fraction of sp³-hybridized carbons (Fsp3) is 0.857. The summed E-state index contributed by atoms with van der Waals surface area (Å²) in [6.07, 6.45) is 3.29. The van der Waals surface area contributed by atoms with Crippen molar-refractivity contribution >= 4 is 24.2 Å². The van der Waals surface area contributed by atoms with Crippen LogP contribution < -0.4 is 10.6 Å². The number of nitrogens with zero attached hydrogens (tertiary/aromatic N) is 1. The first-order valence-corrected chi connectivity index (χ1v) is 7.45. The molecule has 5 nitrogen and oxygen atoms in total. The van der Waals surface area contributed by atoms with Crippen molar-refractivity contribution in [2.75, 3.05) is 32.7 Å². The highest BCUT2D eigenvalue weighted by molar-refractivity contribution is 5.85. The molecule has 2 N–H and O–H groups in total. The normalized spacial score (nSPS) is 18.3. The smallest absolute Gasteiger partial charge is 0.224 e. The molecule has 0 saturated carbocycles. The summed E-state index contributed by atoms with van der Waals surface area (Å²) in [5.74, 6) is 0.246. The maximum atomic E-state index is 12.0. The van der Waals surface area contributed by atoms with Gasteiger partial charge in [0.05, 0.1) is 5.92 Å². The Balaban J connectivity index is 0.00000361. The lowest BCUT2D eigenvalue weighted by atomic mass is 9.97. The van der Waals surface area contributed by atoms with E-state index in [4.69, 9.17) is 0 Å². The van der Waals surface area contributed by atoms with Crippen LogP contribution in [0.1, 0.15) is 39.5 Å². The molecule has 20 heavy (non-hydrogen) atoms. The second-order valence-corrected chi connectivity index (χ2v) is 5.07. The van der Waals surface area contributed by atoms with Gasteiger partial charge in [-0.15, -0.1) is 12.4 Å². The summed E-state index contributed by atoms with van der Waals surface area (Å²) in [5, 5.41) is 6.11. The van der Waals surface area contributed by atoms with Crippen molar-refractivity contribution in [3.05, 3.63) is 0 Å². The number of amides is 2. The van der Waals surface area contributed by atoms with E-state index in [9.17, 15) is 9.59 Å². The molecule has 118 valence electrons. The predicted octanol–water partition coefficient (Wildman–Crippen LogP) is 1.17. The molecule has 1 fully saturated rings. The quantitative estimate of drug-likeness (QED) is 0.694. The monoisotopic (exact) mass is 305 g/mol. The first kappa shape index (κ1) is 19.2. The van der Waals surface area contributed by atoms with E-state index in [-0.39, 0.29) is 30.1 Å². The molecule has 1 aliphatic heterocycles. The number of halogens is 1. The van der Waals surface area contributed by atoms with E-state index in [0.717, 1.165) is 38.9 Å². The lowest BCUT2D eigenvalue weighted by Crippen LogP contribution is -2.46. The Morgan fingerprint density at radius 1 is 1.25 bits per heavy atom. The molecule has 0 bridgehead atoms. The van der Waals surface area contributed by atoms with Crippen LogP contribution in [0.5, 0.6) is 0 Å². The maximum absolute atomic E-state index is 12.0. The molecule has 1 aliphatic rings. The molecule has 0 aromatic heterocycles. The SMILES string of the molecule is CCCC(=O)N1CCCC(C(=O)NCCNCC)C1.Cl. The van der Waals surface area contributed by atoms with E-state index in [1.165, 1.54) is 0 Å². The molecule has 1 rings (SSSR count). The molecule has 6 heteroatoms. The van der Waals surface area contributed by atoms with Crippen molar-refractivity contribution in [3.63, 3.8) is 0 Å². The number of hydrogen-bond acceptors (Lipinski definition) is 3. The van der Waals surface area contributed by atoms with Crippen LogP contribution in [-0.4, -0.2) is 49.4 Å². The number of likely N-dealkylation sites (N-methyl/N-ethyl adjacent to an activating group) is 1. The standard InChI is InChI=1S/C14H27N3O2.ClH/c1-3-6-13(18)17-10-5-7-12(11-17)14(19)16-9-8-15-4-2;/h12,15H,3-11H2,1-2H3,(H,16,19);1H. The van der Waals surface area contributed by atoms with Crippen molar-refractivity contribution < 1.29 is 9.59 Å². The second-order valence-electron chi connectivity index (χ2n) is 5.07. The van der Waals surface area contributed by atoms with Crippen LogP contribution in [0.15, 0.2) is 0 Å². The Morgan fingerprint density at radius 2 is 2.00 bits per heavy atom. The molecule has 1 unspecified atom stereocenters. The second kappa shape index (κ2) is 10.9. The zero-order valence-corrected chi connectivity index (χ0v) is 13.4. The third-order valence-electron chi connectivity index (χ3n) is 3.46. The van der Waals surface area contributed by atoms with E-state index in [0.29, 0.717) is 19.5 Å². The zero-order valence-electron chi connectivity index (χ0n) is 12.6. The number of likely N-dealkylation sites (tertiary alicyclic amines) is 1. The molecule has 0 aliphatic carbocycles. The minimum absolute atomic E-state index is 0. The summed E-state index contributed by atoms with van der Waals surface area (Å²) < 4.78 is 0. The molecule has 1 atom stereocenters. The van der Waals surface area contributed by atoms with Gasteiger partial charge in [-0.25, -0.2) is 0 Å². The minimum atomic E-state index is -0.0313. The largest absolute Gasteiger partial charge is 0.355 e. The summed E-state index contributed by atoms with van der Waals surface area (Å²) in [7, 11) is 0. The van der Waals surface area contributed by atoms with E-state index in [1.807, 2.05) is 18.7 Å². The summed E-state index contributed by atoms with van der Waals surface area (Å²) >= 11 is 0. The molecule has 0 spiro atoms. The van der Waals surface area contributed by atoms with E-state index < -0.39 is 0 Å². The van der Waals surface area contributed by atoms with Gasteiger partial charge < -0.3 is 15.5 Å². The van der Waals surface area contributed by atoms with Gasteiger partial charge in [0.2, 0.25) is 11.8 Å². The van der Waals surface area contributed by atoms with Crippen LogP contribution in [0, 0.1) is 5.92 Å². The van der Waals surface area contributed by atoms with Gasteiger partial charge in [0.25, 0.3) is 0 Å². The van der Waals surface area contributed by atoms with Gasteiger partial charge in [-0.05, 0) is 25.8 Å². The van der Waals surface area contributed by atoms with Crippen LogP contribution in [0.2, 0.25) is 0 Å². The van der Waals surface area contributed by atoms with Crippen molar-refractivity contribution in [2.24, 2.45) is 5.92 Å². The van der Waals surface area contributed by atoms with Gasteiger partial charge in [-0.2, -0.15) is 0 Å². The van der Waals surface area contributed by atoms with Crippen LogP contribution in [0.25, 0.3) is 0 Å². The van der Waals surface area contributed by atoms with Gasteiger partial charge in [-0.3, -0.25) is 9.59 Å². The molecule has 1 heterocycles. The van der Waals surface area contributed by atoms with E-state index in [1.54, 1.807) is 0 Å². The zero-order chi connectivity index (χ0) is 14.1. The van der Waals surface area contributed by atoms with Crippen molar-refractivity contribution in [1.29, 1.82) is 0 Å². The molecule has 0 aromatic carbocycles. The van der Waals surface area contributed by atoms with Gasteiger partial charge in [-0.1, -0.05) is 13.8 Å². The Labute approximate surface area is 128 Å². The molecular weight excluding hydrogens is 278 g/mol. The van der Waals surface area contributed by atoms with Crippen molar-refractivity contribution in [1.82, 2.24) is 15.5 Å². The van der Waals surface area contributed by atoms with Crippen LogP contribution in [0.4, 0.5) is 0 Å². The molecular formula is C14H28ClN3O2. The summed E-state index contributed by atoms with van der Waals surface area (Å²) in [6.45, 7) is 7.82. The van der Waals surface area contributed by atoms with Crippen LogP contribution in [-0.2, 0) is 9.59 Å². The van der Waals surface area contributed by atoms with Crippen molar-refractivity contribution in [2.45, 2.75) is 39.5 Å². The Kier molecular flexibility index (Phi) is 10.5. The number of carbonyl (C=O) groups excluding carboxylic acids is 2. The highest BCUT2D eigenvalue weighted by Gasteiger charge is 2.27. The highest BCUT2D eigenvalue weighted by atomic mass is 35.5. The lowest BCUT2D eigenvalue weighted by molar-refractivity contribution is -0.135. The average Bonchev–Trinajstić information content (AvgIpc) is 2.44. The van der Waals surface area contributed by atoms with E-state index in [2.05, 4.69) is 10.6 Å². The number of carbonyl (C=O) groups is 2. The topological polar surface area (TPSA) is 61.4 Å². The Hall–Kier alpha value is -0.810. The summed E-state index contributed by atoms with van der Waals surface area (Å²) in [6, 6.07) is 0. The van der Waals surface area contributed by atoms with Crippen molar-refractivity contribution in [3.8, 4) is 0 Å².